The summed E-state index contributed by atoms with van der Waals surface area (Å²) in [6.07, 6.45) is 1.95. The molecule has 0 spiro atoms. The van der Waals surface area contributed by atoms with Crippen LogP contribution in [-0.2, 0) is 14.9 Å². The summed E-state index contributed by atoms with van der Waals surface area (Å²) in [5, 5.41) is 6.63. The zero-order valence-electron chi connectivity index (χ0n) is 16.3. The number of nitrogens with one attached hydrogen (secondary N) is 2. The fraction of sp³-hybridized carbons (Fsp3) is 0.650. The third kappa shape index (κ3) is 5.88. The lowest BCUT2D eigenvalue weighted by molar-refractivity contribution is 0.0531. The van der Waals surface area contributed by atoms with Crippen LogP contribution in [0.25, 0.3) is 0 Å². The lowest BCUT2D eigenvalue weighted by Crippen LogP contribution is -2.42. The fourth-order valence-electron chi connectivity index (χ4n) is 3.22. The Morgan fingerprint density at radius 3 is 2.50 bits per heavy atom. The van der Waals surface area contributed by atoms with Crippen LogP contribution in [-0.4, -0.2) is 59.1 Å². The number of guanidine groups is 1. The number of methoxy groups -OCH3 is 1. The van der Waals surface area contributed by atoms with Crippen molar-refractivity contribution in [3.8, 4) is 5.75 Å². The van der Waals surface area contributed by atoms with E-state index in [1.54, 1.807) is 7.11 Å². The van der Waals surface area contributed by atoms with Gasteiger partial charge in [-0.15, -0.1) is 0 Å². The highest BCUT2D eigenvalue weighted by atomic mass is 16.5. The third-order valence-corrected chi connectivity index (χ3v) is 4.71. The predicted octanol–water partition coefficient (Wildman–Crippen LogP) is 2.33. The Morgan fingerprint density at radius 2 is 1.88 bits per heavy atom. The monoisotopic (exact) mass is 363 g/mol. The van der Waals surface area contributed by atoms with Gasteiger partial charge in [0.25, 0.3) is 0 Å². The molecule has 1 heterocycles. The average Bonchev–Trinajstić information content (AvgIpc) is 2.68. The van der Waals surface area contributed by atoms with Crippen LogP contribution < -0.4 is 15.4 Å². The summed E-state index contributed by atoms with van der Waals surface area (Å²) < 4.78 is 16.3. The number of rotatable bonds is 9. The summed E-state index contributed by atoms with van der Waals surface area (Å²) in [7, 11) is 1.70. The average molecular weight is 364 g/mol. The van der Waals surface area contributed by atoms with Crippen molar-refractivity contribution in [1.82, 2.24) is 10.6 Å². The number of aliphatic imine (C=N–C) groups is 1. The summed E-state index contributed by atoms with van der Waals surface area (Å²) >= 11 is 0. The van der Waals surface area contributed by atoms with E-state index in [4.69, 9.17) is 19.2 Å². The summed E-state index contributed by atoms with van der Waals surface area (Å²) in [4.78, 5) is 4.87. The predicted molar refractivity (Wildman–Crippen MR) is 105 cm³/mol. The number of benzene rings is 1. The van der Waals surface area contributed by atoms with Gasteiger partial charge in [0, 0.05) is 38.8 Å². The minimum atomic E-state index is 0.00655. The molecule has 1 fully saturated rings. The lowest BCUT2D eigenvalue weighted by atomic mass is 9.74. The molecule has 0 amide bonds. The number of nitrogens with zero attached hydrogens (tertiary/aromatic N) is 1. The van der Waals surface area contributed by atoms with E-state index in [9.17, 15) is 0 Å². The second-order valence-corrected chi connectivity index (χ2v) is 6.46. The van der Waals surface area contributed by atoms with Gasteiger partial charge in [-0.3, -0.25) is 4.99 Å². The van der Waals surface area contributed by atoms with Gasteiger partial charge in [-0.1, -0.05) is 12.1 Å². The van der Waals surface area contributed by atoms with E-state index in [1.807, 2.05) is 6.92 Å². The van der Waals surface area contributed by atoms with E-state index >= 15 is 0 Å². The summed E-state index contributed by atoms with van der Waals surface area (Å²) in [5.41, 5.74) is 1.31. The Bertz CT molecular complexity index is 540. The van der Waals surface area contributed by atoms with E-state index in [-0.39, 0.29) is 5.41 Å². The first-order valence-corrected chi connectivity index (χ1v) is 9.56. The minimum absolute atomic E-state index is 0.00655. The quantitative estimate of drug-likeness (QED) is 0.401. The molecule has 0 aromatic heterocycles. The summed E-state index contributed by atoms with van der Waals surface area (Å²) in [6.45, 7) is 9.26. The van der Waals surface area contributed by atoms with Crippen LogP contribution in [0.3, 0.4) is 0 Å². The molecule has 1 aliphatic heterocycles. The molecular formula is C20H33N3O3. The maximum absolute atomic E-state index is 5.62. The van der Waals surface area contributed by atoms with Crippen LogP contribution in [0.4, 0.5) is 0 Å². The summed E-state index contributed by atoms with van der Waals surface area (Å²) in [6, 6.07) is 8.47. The van der Waals surface area contributed by atoms with Crippen LogP contribution in [0.15, 0.2) is 29.3 Å². The van der Waals surface area contributed by atoms with Gasteiger partial charge in [-0.25, -0.2) is 0 Å². The molecular weight excluding hydrogens is 330 g/mol. The molecule has 0 bridgehead atoms. The molecule has 1 aliphatic rings. The highest BCUT2D eigenvalue weighted by molar-refractivity contribution is 5.79. The van der Waals surface area contributed by atoms with Crippen LogP contribution >= 0.6 is 0 Å². The molecule has 26 heavy (non-hydrogen) atoms. The smallest absolute Gasteiger partial charge is 0.191 e. The van der Waals surface area contributed by atoms with E-state index in [0.717, 1.165) is 57.4 Å². The van der Waals surface area contributed by atoms with Crippen molar-refractivity contribution in [2.24, 2.45) is 4.99 Å². The Labute approximate surface area is 157 Å². The van der Waals surface area contributed by atoms with Crippen molar-refractivity contribution in [2.45, 2.75) is 32.1 Å². The number of ether oxygens (including phenoxy) is 3. The molecule has 0 saturated carbocycles. The van der Waals surface area contributed by atoms with Crippen LogP contribution in [0.2, 0.25) is 0 Å². The van der Waals surface area contributed by atoms with Crippen molar-refractivity contribution in [3.63, 3.8) is 0 Å². The van der Waals surface area contributed by atoms with Gasteiger partial charge in [0.1, 0.15) is 5.75 Å². The van der Waals surface area contributed by atoms with Gasteiger partial charge in [0.15, 0.2) is 5.96 Å². The maximum atomic E-state index is 5.62. The molecule has 2 N–H and O–H groups in total. The molecule has 0 unspecified atom stereocenters. The van der Waals surface area contributed by atoms with Crippen molar-refractivity contribution >= 4 is 5.96 Å². The Kier molecular flexibility index (Phi) is 8.71. The van der Waals surface area contributed by atoms with Crippen molar-refractivity contribution in [2.75, 3.05) is 53.2 Å². The van der Waals surface area contributed by atoms with Crippen molar-refractivity contribution in [1.29, 1.82) is 0 Å². The van der Waals surface area contributed by atoms with E-state index in [2.05, 4.69) is 41.8 Å². The molecule has 0 aliphatic carbocycles. The van der Waals surface area contributed by atoms with Gasteiger partial charge >= 0.3 is 0 Å². The maximum Gasteiger partial charge on any atom is 0.191 e. The zero-order chi connectivity index (χ0) is 18.7. The van der Waals surface area contributed by atoms with Crippen molar-refractivity contribution in [3.05, 3.63) is 29.8 Å². The molecule has 1 aromatic rings. The first kappa shape index (κ1) is 20.5. The molecule has 6 heteroatoms. The summed E-state index contributed by atoms with van der Waals surface area (Å²) in [5.74, 6) is 1.75. The lowest BCUT2D eigenvalue weighted by Gasteiger charge is -2.36. The molecule has 1 aromatic carbocycles. The van der Waals surface area contributed by atoms with Crippen LogP contribution in [0.1, 0.15) is 32.3 Å². The molecule has 6 nitrogen and oxygen atoms in total. The molecule has 1 saturated heterocycles. The Morgan fingerprint density at radius 1 is 1.15 bits per heavy atom. The highest BCUT2D eigenvalue weighted by Crippen LogP contribution is 2.36. The van der Waals surface area contributed by atoms with Gasteiger partial charge in [-0.05, 0) is 44.4 Å². The van der Waals surface area contributed by atoms with Gasteiger partial charge in [0.05, 0.1) is 19.8 Å². The molecule has 0 radical (unpaired) electrons. The molecule has 0 atom stereocenters. The topological polar surface area (TPSA) is 64.1 Å². The van der Waals surface area contributed by atoms with E-state index < -0.39 is 0 Å². The second-order valence-electron chi connectivity index (χ2n) is 6.46. The largest absolute Gasteiger partial charge is 0.494 e. The Balaban J connectivity index is 2.15. The normalized spacial score (nSPS) is 17.0. The third-order valence-electron chi connectivity index (χ3n) is 4.71. The van der Waals surface area contributed by atoms with Crippen molar-refractivity contribution < 1.29 is 14.2 Å². The van der Waals surface area contributed by atoms with E-state index in [0.29, 0.717) is 13.2 Å². The number of hydrogen-bond acceptors (Lipinski definition) is 4. The van der Waals surface area contributed by atoms with Gasteiger partial charge in [-0.2, -0.15) is 0 Å². The first-order valence-electron chi connectivity index (χ1n) is 9.56. The standard InChI is InChI=1S/C20H33N3O3/c1-4-21-19(22-12-15-24-3)23-16-20(10-13-25-14-11-20)17-6-8-18(9-7-17)26-5-2/h6-9H,4-5,10-16H2,1-3H3,(H2,21,22,23). The molecule has 146 valence electrons. The molecule has 2 rings (SSSR count). The van der Waals surface area contributed by atoms with Crippen LogP contribution in [0, 0.1) is 0 Å². The van der Waals surface area contributed by atoms with Crippen LogP contribution in [0.5, 0.6) is 5.75 Å². The Hall–Kier alpha value is -1.79. The van der Waals surface area contributed by atoms with Gasteiger partial charge in [0.2, 0.25) is 0 Å². The highest BCUT2D eigenvalue weighted by Gasteiger charge is 2.34. The minimum Gasteiger partial charge on any atom is -0.494 e. The zero-order valence-corrected chi connectivity index (χ0v) is 16.3. The first-order chi connectivity index (χ1) is 12.7. The fourth-order valence-corrected chi connectivity index (χ4v) is 3.22. The van der Waals surface area contributed by atoms with Gasteiger partial charge < -0.3 is 24.8 Å². The second kappa shape index (κ2) is 11.0. The SMILES string of the molecule is CCNC(=NCC1(c2ccc(OCC)cc2)CCOCC1)NCCOC. The van der Waals surface area contributed by atoms with E-state index in [1.165, 1.54) is 5.56 Å². The number of hydrogen-bond donors (Lipinski definition) is 2.